The molecule has 0 saturated heterocycles. The van der Waals surface area contributed by atoms with Gasteiger partial charge in [-0.3, -0.25) is 19.8 Å². The molecule has 1 heterocycles. The lowest BCUT2D eigenvalue weighted by atomic mass is 10.2. The van der Waals surface area contributed by atoms with Crippen molar-refractivity contribution in [1.82, 2.24) is 4.90 Å². The maximum Gasteiger partial charge on any atom is 0.324 e. The monoisotopic (exact) mass is 283 g/mol. The SMILES string of the molecule is CCN(CCC(=O)O)C(C#N)c1ccc([N+](=O)[O-])s1. The number of nitrogens with zero attached hydrogens (tertiary/aromatic N) is 3. The van der Waals surface area contributed by atoms with Crippen molar-refractivity contribution in [3.63, 3.8) is 0 Å². The Hall–Kier alpha value is -1.98. The standard InChI is InChI=1S/C11H13N3O4S/c1-2-13(6-5-11(15)16)8(7-12)9-3-4-10(19-9)14(17)18/h3-4,8H,2,5-6H2,1H3,(H,15,16). The van der Waals surface area contributed by atoms with Crippen molar-refractivity contribution < 1.29 is 14.8 Å². The van der Waals surface area contributed by atoms with Crippen LogP contribution in [0.3, 0.4) is 0 Å². The van der Waals surface area contributed by atoms with Gasteiger partial charge in [-0.2, -0.15) is 5.26 Å². The fourth-order valence-electron chi connectivity index (χ4n) is 1.62. The fourth-order valence-corrected chi connectivity index (χ4v) is 2.52. The average molecular weight is 283 g/mol. The summed E-state index contributed by atoms with van der Waals surface area (Å²) in [6.45, 7) is 2.54. The van der Waals surface area contributed by atoms with Crippen LogP contribution in [0, 0.1) is 21.4 Å². The minimum Gasteiger partial charge on any atom is -0.481 e. The van der Waals surface area contributed by atoms with Gasteiger partial charge in [0.25, 0.3) is 0 Å². The lowest BCUT2D eigenvalue weighted by Crippen LogP contribution is -2.29. The minimum absolute atomic E-state index is 0.0236. The van der Waals surface area contributed by atoms with Crippen LogP contribution in [0.4, 0.5) is 5.00 Å². The van der Waals surface area contributed by atoms with Gasteiger partial charge in [-0.15, -0.1) is 0 Å². The summed E-state index contributed by atoms with van der Waals surface area (Å²) < 4.78 is 0. The first-order valence-electron chi connectivity index (χ1n) is 5.59. The van der Waals surface area contributed by atoms with E-state index in [1.54, 1.807) is 11.0 Å². The van der Waals surface area contributed by atoms with Gasteiger partial charge in [-0.25, -0.2) is 0 Å². The van der Waals surface area contributed by atoms with Crippen molar-refractivity contribution in [3.05, 3.63) is 27.1 Å². The Morgan fingerprint density at radius 2 is 2.37 bits per heavy atom. The van der Waals surface area contributed by atoms with Crippen molar-refractivity contribution in [2.75, 3.05) is 13.1 Å². The first-order valence-corrected chi connectivity index (χ1v) is 6.40. The van der Waals surface area contributed by atoms with Crippen molar-refractivity contribution in [1.29, 1.82) is 5.26 Å². The van der Waals surface area contributed by atoms with E-state index < -0.39 is 16.9 Å². The van der Waals surface area contributed by atoms with E-state index in [-0.39, 0.29) is 18.0 Å². The second kappa shape index (κ2) is 6.82. The first-order chi connectivity index (χ1) is 8.99. The number of rotatable bonds is 7. The normalized spacial score (nSPS) is 12.1. The molecular weight excluding hydrogens is 270 g/mol. The number of hydrogen-bond acceptors (Lipinski definition) is 6. The van der Waals surface area contributed by atoms with E-state index in [0.29, 0.717) is 11.4 Å². The highest BCUT2D eigenvalue weighted by Gasteiger charge is 2.23. The maximum atomic E-state index is 10.6. The second-order valence-corrected chi connectivity index (χ2v) is 4.83. The smallest absolute Gasteiger partial charge is 0.324 e. The van der Waals surface area contributed by atoms with Gasteiger partial charge in [0.2, 0.25) is 0 Å². The van der Waals surface area contributed by atoms with Crippen molar-refractivity contribution in [3.8, 4) is 6.07 Å². The molecule has 0 aliphatic heterocycles. The molecule has 0 saturated carbocycles. The molecule has 19 heavy (non-hydrogen) atoms. The molecule has 1 rings (SSSR count). The molecule has 7 nitrogen and oxygen atoms in total. The zero-order valence-electron chi connectivity index (χ0n) is 10.3. The summed E-state index contributed by atoms with van der Waals surface area (Å²) in [4.78, 5) is 22.9. The van der Waals surface area contributed by atoms with Gasteiger partial charge in [0.05, 0.1) is 17.4 Å². The topological polar surface area (TPSA) is 107 Å². The van der Waals surface area contributed by atoms with Gasteiger partial charge in [0.1, 0.15) is 6.04 Å². The lowest BCUT2D eigenvalue weighted by molar-refractivity contribution is -0.380. The highest BCUT2D eigenvalue weighted by molar-refractivity contribution is 7.15. The molecule has 1 unspecified atom stereocenters. The molecule has 0 aromatic carbocycles. The molecule has 0 aliphatic carbocycles. The Bertz CT molecular complexity index is 508. The number of thiophene rings is 1. The fraction of sp³-hybridized carbons (Fsp3) is 0.455. The van der Waals surface area contributed by atoms with Crippen LogP contribution in [0.1, 0.15) is 24.3 Å². The van der Waals surface area contributed by atoms with Crippen LogP contribution in [0.25, 0.3) is 0 Å². The molecule has 1 aromatic heterocycles. The Kier molecular flexibility index (Phi) is 5.41. The summed E-state index contributed by atoms with van der Waals surface area (Å²) in [5.41, 5.74) is 0. The largest absolute Gasteiger partial charge is 0.481 e. The van der Waals surface area contributed by atoms with E-state index in [0.717, 1.165) is 11.3 Å². The number of hydrogen-bond donors (Lipinski definition) is 1. The molecule has 0 amide bonds. The maximum absolute atomic E-state index is 10.6. The van der Waals surface area contributed by atoms with Crippen LogP contribution in [0.15, 0.2) is 12.1 Å². The van der Waals surface area contributed by atoms with Crippen LogP contribution in [0.2, 0.25) is 0 Å². The molecule has 0 spiro atoms. The van der Waals surface area contributed by atoms with E-state index in [4.69, 9.17) is 5.11 Å². The van der Waals surface area contributed by atoms with Crippen LogP contribution in [-0.2, 0) is 4.79 Å². The lowest BCUT2D eigenvalue weighted by Gasteiger charge is -2.23. The van der Waals surface area contributed by atoms with Gasteiger partial charge in [0, 0.05) is 17.5 Å². The number of nitriles is 1. The summed E-state index contributed by atoms with van der Waals surface area (Å²) in [6.07, 6.45) is -0.0700. The molecule has 102 valence electrons. The van der Waals surface area contributed by atoms with Gasteiger partial charge in [-0.1, -0.05) is 18.3 Å². The van der Waals surface area contributed by atoms with Crippen LogP contribution < -0.4 is 0 Å². The summed E-state index contributed by atoms with van der Waals surface area (Å²) in [7, 11) is 0. The number of carbonyl (C=O) groups is 1. The zero-order valence-corrected chi connectivity index (χ0v) is 11.1. The molecule has 0 radical (unpaired) electrons. The van der Waals surface area contributed by atoms with Crippen molar-refractivity contribution in [2.45, 2.75) is 19.4 Å². The third kappa shape index (κ3) is 4.01. The van der Waals surface area contributed by atoms with Crippen LogP contribution in [0.5, 0.6) is 0 Å². The first kappa shape index (κ1) is 15.1. The quantitative estimate of drug-likeness (QED) is 0.606. The van der Waals surface area contributed by atoms with E-state index in [2.05, 4.69) is 6.07 Å². The predicted molar refractivity (Wildman–Crippen MR) is 68.8 cm³/mol. The van der Waals surface area contributed by atoms with Gasteiger partial charge in [0.15, 0.2) is 0 Å². The minimum atomic E-state index is -0.938. The van der Waals surface area contributed by atoms with Gasteiger partial charge in [-0.05, 0) is 12.6 Å². The summed E-state index contributed by atoms with van der Waals surface area (Å²) in [5.74, 6) is -0.938. The number of carboxylic acid groups (broad SMARTS) is 1. The number of nitro groups is 1. The Labute approximate surface area is 113 Å². The summed E-state index contributed by atoms with van der Waals surface area (Å²) >= 11 is 0.941. The van der Waals surface area contributed by atoms with Crippen LogP contribution in [-0.4, -0.2) is 34.0 Å². The van der Waals surface area contributed by atoms with Crippen LogP contribution >= 0.6 is 11.3 Å². The zero-order chi connectivity index (χ0) is 14.4. The third-order valence-electron chi connectivity index (χ3n) is 2.57. The van der Waals surface area contributed by atoms with Crippen molar-refractivity contribution in [2.24, 2.45) is 0 Å². The molecular formula is C11H13N3O4S. The van der Waals surface area contributed by atoms with Crippen molar-refractivity contribution >= 4 is 22.3 Å². The molecule has 0 fully saturated rings. The summed E-state index contributed by atoms with van der Waals surface area (Å²) in [5, 5.41) is 28.5. The highest BCUT2D eigenvalue weighted by atomic mass is 32.1. The van der Waals surface area contributed by atoms with Gasteiger partial charge >= 0.3 is 11.0 Å². The molecule has 1 N–H and O–H groups in total. The molecule has 1 atom stereocenters. The third-order valence-corrected chi connectivity index (χ3v) is 3.66. The van der Waals surface area contributed by atoms with E-state index in [1.807, 2.05) is 6.92 Å². The van der Waals surface area contributed by atoms with E-state index >= 15 is 0 Å². The van der Waals surface area contributed by atoms with E-state index in [1.165, 1.54) is 6.07 Å². The molecule has 1 aromatic rings. The Morgan fingerprint density at radius 1 is 1.68 bits per heavy atom. The Balaban J connectivity index is 2.87. The molecule has 0 bridgehead atoms. The summed E-state index contributed by atoms with van der Waals surface area (Å²) in [6, 6.07) is 4.31. The van der Waals surface area contributed by atoms with Gasteiger partial charge < -0.3 is 5.11 Å². The predicted octanol–water partition coefficient (Wildman–Crippen LogP) is 2.02. The molecule has 8 heteroatoms. The highest BCUT2D eigenvalue weighted by Crippen LogP contribution is 2.31. The molecule has 0 aliphatic rings. The Morgan fingerprint density at radius 3 is 2.79 bits per heavy atom. The number of carboxylic acids is 1. The average Bonchev–Trinajstić information content (AvgIpc) is 2.83. The number of aliphatic carboxylic acids is 1. The van der Waals surface area contributed by atoms with E-state index in [9.17, 15) is 20.2 Å². The second-order valence-electron chi connectivity index (χ2n) is 3.74.